The highest BCUT2D eigenvalue weighted by Gasteiger charge is 2.45. The maximum Gasteiger partial charge on any atom is 0.222 e. The minimum absolute atomic E-state index is 0.124. The molecular weight excluding hydrogens is 230 g/mol. The van der Waals surface area contributed by atoms with Gasteiger partial charge in [0.05, 0.1) is 11.8 Å². The van der Waals surface area contributed by atoms with Crippen LogP contribution >= 0.6 is 0 Å². The second kappa shape index (κ2) is 4.72. The largest absolute Gasteiger partial charge is 0.378 e. The number of fused-ring (bicyclic) bond motifs is 1. The summed E-state index contributed by atoms with van der Waals surface area (Å²) in [6.45, 7) is 3.45. The Morgan fingerprint density at radius 2 is 2.56 bits per heavy atom. The van der Waals surface area contributed by atoms with Crippen LogP contribution in [0.1, 0.15) is 25.0 Å². The molecule has 0 aromatic carbocycles. The van der Waals surface area contributed by atoms with Crippen LogP contribution in [-0.2, 0) is 16.1 Å². The molecule has 1 aromatic heterocycles. The lowest BCUT2D eigenvalue weighted by Crippen LogP contribution is -2.53. The minimum Gasteiger partial charge on any atom is -0.378 e. The van der Waals surface area contributed by atoms with Crippen LogP contribution in [0.3, 0.4) is 0 Å². The molecule has 1 N–H and O–H groups in total. The second-order valence-electron chi connectivity index (χ2n) is 5.24. The van der Waals surface area contributed by atoms with E-state index in [0.29, 0.717) is 31.0 Å². The lowest BCUT2D eigenvalue weighted by Gasteiger charge is -2.39. The fraction of sp³-hybridized carbons (Fsp3) is 0.692. The summed E-state index contributed by atoms with van der Waals surface area (Å²) in [5, 5.41) is 7.37. The van der Waals surface area contributed by atoms with Gasteiger partial charge < -0.3 is 10.1 Å². The van der Waals surface area contributed by atoms with Crippen molar-refractivity contribution in [3.05, 3.63) is 18.0 Å². The molecule has 1 aromatic rings. The first kappa shape index (κ1) is 11.7. The molecule has 1 saturated carbocycles. The average molecular weight is 249 g/mol. The lowest BCUT2D eigenvalue weighted by atomic mass is 9.76. The standard InChI is InChI=1S/C13H19N3O2/c1-9-2-5-16(15-9)6-3-13(17)14-11-8-12-10(11)4-7-18-12/h2,5,10-12H,3-4,6-8H2,1H3,(H,14,17)/t10-,11+,12+/m0/s1. The molecular formula is C13H19N3O2. The van der Waals surface area contributed by atoms with Crippen LogP contribution in [0.2, 0.25) is 0 Å². The molecule has 0 bridgehead atoms. The molecule has 2 aliphatic rings. The molecule has 1 amide bonds. The van der Waals surface area contributed by atoms with Gasteiger partial charge in [-0.15, -0.1) is 0 Å². The number of ether oxygens (including phenoxy) is 1. The summed E-state index contributed by atoms with van der Waals surface area (Å²) < 4.78 is 7.35. The number of aromatic nitrogens is 2. The Hall–Kier alpha value is -1.36. The van der Waals surface area contributed by atoms with Gasteiger partial charge in [-0.2, -0.15) is 5.10 Å². The highest BCUT2D eigenvalue weighted by Crippen LogP contribution is 2.38. The number of carbonyl (C=O) groups excluding carboxylic acids is 1. The van der Waals surface area contributed by atoms with E-state index in [1.165, 1.54) is 0 Å². The maximum atomic E-state index is 11.8. The molecule has 1 saturated heterocycles. The van der Waals surface area contributed by atoms with Crippen LogP contribution in [0.4, 0.5) is 0 Å². The van der Waals surface area contributed by atoms with Crippen molar-refractivity contribution in [3.63, 3.8) is 0 Å². The Morgan fingerprint density at radius 1 is 1.67 bits per heavy atom. The molecule has 0 unspecified atom stereocenters. The Balaban J connectivity index is 1.42. The second-order valence-corrected chi connectivity index (χ2v) is 5.24. The molecule has 2 heterocycles. The number of carbonyl (C=O) groups is 1. The van der Waals surface area contributed by atoms with Crippen molar-refractivity contribution in [2.45, 2.75) is 44.9 Å². The first-order valence-electron chi connectivity index (χ1n) is 6.63. The Kier molecular flexibility index (Phi) is 3.07. The van der Waals surface area contributed by atoms with Crippen molar-refractivity contribution in [1.82, 2.24) is 15.1 Å². The van der Waals surface area contributed by atoms with Gasteiger partial charge in [-0.3, -0.25) is 9.48 Å². The van der Waals surface area contributed by atoms with E-state index >= 15 is 0 Å². The minimum atomic E-state index is 0.124. The summed E-state index contributed by atoms with van der Waals surface area (Å²) in [7, 11) is 0. The van der Waals surface area contributed by atoms with E-state index in [0.717, 1.165) is 25.1 Å². The summed E-state index contributed by atoms with van der Waals surface area (Å²) >= 11 is 0. The summed E-state index contributed by atoms with van der Waals surface area (Å²) in [5.41, 5.74) is 0.986. The summed E-state index contributed by atoms with van der Waals surface area (Å²) in [6.07, 6.45) is 4.89. The van der Waals surface area contributed by atoms with Crippen molar-refractivity contribution in [3.8, 4) is 0 Å². The predicted octanol–water partition coefficient (Wildman–Crippen LogP) is 0.875. The van der Waals surface area contributed by atoms with Crippen molar-refractivity contribution < 1.29 is 9.53 Å². The van der Waals surface area contributed by atoms with Crippen LogP contribution in [0.15, 0.2) is 12.3 Å². The van der Waals surface area contributed by atoms with E-state index < -0.39 is 0 Å². The molecule has 0 radical (unpaired) electrons. The van der Waals surface area contributed by atoms with E-state index in [-0.39, 0.29) is 5.91 Å². The van der Waals surface area contributed by atoms with Gasteiger partial charge in [0.25, 0.3) is 0 Å². The van der Waals surface area contributed by atoms with Crippen LogP contribution in [0.5, 0.6) is 0 Å². The van der Waals surface area contributed by atoms with Gasteiger partial charge in [-0.25, -0.2) is 0 Å². The van der Waals surface area contributed by atoms with E-state index in [9.17, 15) is 4.79 Å². The van der Waals surface area contributed by atoms with Gasteiger partial charge in [-0.1, -0.05) is 0 Å². The number of aryl methyl sites for hydroxylation is 2. The molecule has 1 aliphatic heterocycles. The highest BCUT2D eigenvalue weighted by molar-refractivity contribution is 5.76. The number of nitrogens with zero attached hydrogens (tertiary/aromatic N) is 2. The highest BCUT2D eigenvalue weighted by atomic mass is 16.5. The third kappa shape index (κ3) is 2.27. The molecule has 5 heteroatoms. The molecule has 0 spiro atoms. The predicted molar refractivity (Wildman–Crippen MR) is 66.0 cm³/mol. The number of rotatable bonds is 4. The Labute approximate surface area is 107 Å². The van der Waals surface area contributed by atoms with Gasteiger partial charge in [0, 0.05) is 37.7 Å². The van der Waals surface area contributed by atoms with E-state index in [1.54, 1.807) is 0 Å². The number of nitrogens with one attached hydrogen (secondary N) is 1. The zero-order chi connectivity index (χ0) is 12.5. The van der Waals surface area contributed by atoms with Crippen LogP contribution in [-0.4, -0.2) is 34.4 Å². The lowest BCUT2D eigenvalue weighted by molar-refractivity contribution is -0.124. The normalized spacial score (nSPS) is 29.7. The topological polar surface area (TPSA) is 56.2 Å². The van der Waals surface area contributed by atoms with Crippen LogP contribution < -0.4 is 5.32 Å². The monoisotopic (exact) mass is 249 g/mol. The van der Waals surface area contributed by atoms with Crippen molar-refractivity contribution >= 4 is 5.91 Å². The molecule has 5 nitrogen and oxygen atoms in total. The fourth-order valence-electron chi connectivity index (χ4n) is 2.85. The van der Waals surface area contributed by atoms with Gasteiger partial charge in [0.15, 0.2) is 0 Å². The Bertz CT molecular complexity index is 443. The van der Waals surface area contributed by atoms with Gasteiger partial charge in [0.1, 0.15) is 0 Å². The van der Waals surface area contributed by atoms with Gasteiger partial charge in [-0.05, 0) is 25.8 Å². The maximum absolute atomic E-state index is 11.8. The van der Waals surface area contributed by atoms with Crippen molar-refractivity contribution in [2.75, 3.05) is 6.61 Å². The van der Waals surface area contributed by atoms with Crippen molar-refractivity contribution in [2.24, 2.45) is 5.92 Å². The average Bonchev–Trinajstić information content (AvgIpc) is 2.90. The third-order valence-electron chi connectivity index (χ3n) is 3.95. The van der Waals surface area contributed by atoms with Crippen molar-refractivity contribution in [1.29, 1.82) is 0 Å². The molecule has 3 rings (SSSR count). The first-order valence-corrected chi connectivity index (χ1v) is 6.63. The zero-order valence-electron chi connectivity index (χ0n) is 10.6. The van der Waals surface area contributed by atoms with E-state index in [1.807, 2.05) is 23.9 Å². The third-order valence-corrected chi connectivity index (χ3v) is 3.95. The molecule has 98 valence electrons. The number of amides is 1. The zero-order valence-corrected chi connectivity index (χ0v) is 10.6. The number of hydrogen-bond acceptors (Lipinski definition) is 3. The van der Waals surface area contributed by atoms with E-state index in [4.69, 9.17) is 4.74 Å². The number of hydrogen-bond donors (Lipinski definition) is 1. The smallest absolute Gasteiger partial charge is 0.222 e. The first-order chi connectivity index (χ1) is 8.72. The van der Waals surface area contributed by atoms with Gasteiger partial charge in [0.2, 0.25) is 5.91 Å². The Morgan fingerprint density at radius 3 is 3.28 bits per heavy atom. The van der Waals surface area contributed by atoms with E-state index in [2.05, 4.69) is 10.4 Å². The molecule has 1 aliphatic carbocycles. The summed E-state index contributed by atoms with van der Waals surface area (Å²) in [4.78, 5) is 11.8. The SMILES string of the molecule is Cc1ccn(CCC(=O)N[C@@H]2C[C@H]3OCC[C@@H]23)n1. The van der Waals surface area contributed by atoms with Gasteiger partial charge >= 0.3 is 0 Å². The molecule has 18 heavy (non-hydrogen) atoms. The quantitative estimate of drug-likeness (QED) is 0.861. The van der Waals surface area contributed by atoms with Crippen LogP contribution in [0, 0.1) is 12.8 Å². The van der Waals surface area contributed by atoms with Crippen LogP contribution in [0.25, 0.3) is 0 Å². The molecule has 2 fully saturated rings. The summed E-state index contributed by atoms with van der Waals surface area (Å²) in [6, 6.07) is 2.29. The molecule has 3 atom stereocenters. The summed E-state index contributed by atoms with van der Waals surface area (Å²) in [5.74, 6) is 0.680. The fourth-order valence-corrected chi connectivity index (χ4v) is 2.85.